The first-order valence-electron chi connectivity index (χ1n) is 8.26. The molecule has 0 spiro atoms. The molecule has 1 N–H and O–H groups in total. The maximum absolute atomic E-state index is 11.8. The quantitative estimate of drug-likeness (QED) is 0.924. The summed E-state index contributed by atoms with van der Waals surface area (Å²) in [5, 5.41) is 1.95. The van der Waals surface area contributed by atoms with Gasteiger partial charge in [-0.2, -0.15) is 0 Å². The van der Waals surface area contributed by atoms with Crippen LogP contribution >= 0.6 is 11.6 Å². The van der Waals surface area contributed by atoms with Crippen LogP contribution in [0.5, 0.6) is 5.75 Å². The Balaban J connectivity index is 1.73. The van der Waals surface area contributed by atoms with Crippen LogP contribution in [-0.2, 0) is 0 Å². The number of nitrogens with one attached hydrogen (secondary N) is 1. The number of H-pyrrole nitrogens is 1. The first-order chi connectivity index (χ1) is 11.1. The molecule has 3 rings (SSSR count). The van der Waals surface area contributed by atoms with E-state index in [4.69, 9.17) is 16.3 Å². The Hall–Kier alpha value is -1.52. The van der Waals surface area contributed by atoms with Crippen molar-refractivity contribution in [2.45, 2.75) is 44.8 Å². The molecule has 2 aromatic rings. The van der Waals surface area contributed by atoms with Crippen molar-refractivity contribution in [3.63, 3.8) is 0 Å². The molecule has 0 saturated heterocycles. The molecule has 0 amide bonds. The van der Waals surface area contributed by atoms with Gasteiger partial charge in [0.1, 0.15) is 5.75 Å². The fourth-order valence-corrected chi connectivity index (χ4v) is 3.53. The van der Waals surface area contributed by atoms with Crippen LogP contribution in [0.4, 0.5) is 0 Å². The molecule has 0 radical (unpaired) electrons. The van der Waals surface area contributed by atoms with Gasteiger partial charge in [0, 0.05) is 17.6 Å². The van der Waals surface area contributed by atoms with Gasteiger partial charge in [0.15, 0.2) is 0 Å². The lowest BCUT2D eigenvalue weighted by molar-refractivity contribution is 0.103. The Morgan fingerprint density at radius 3 is 2.74 bits per heavy atom. The molecular formula is C18H23ClN2O2. The van der Waals surface area contributed by atoms with Crippen molar-refractivity contribution in [2.75, 3.05) is 13.6 Å². The molecule has 1 fully saturated rings. The predicted octanol–water partition coefficient (Wildman–Crippen LogP) is 3.82. The van der Waals surface area contributed by atoms with Crippen molar-refractivity contribution >= 4 is 22.4 Å². The monoisotopic (exact) mass is 334 g/mol. The molecule has 1 aliphatic rings. The number of benzene rings is 1. The van der Waals surface area contributed by atoms with E-state index in [0.717, 1.165) is 37.6 Å². The van der Waals surface area contributed by atoms with Gasteiger partial charge in [0.2, 0.25) is 0 Å². The maximum atomic E-state index is 11.8. The highest BCUT2D eigenvalue weighted by molar-refractivity contribution is 6.32. The molecular weight excluding hydrogens is 312 g/mol. The van der Waals surface area contributed by atoms with Crippen LogP contribution in [-0.4, -0.2) is 35.6 Å². The van der Waals surface area contributed by atoms with Gasteiger partial charge >= 0.3 is 0 Å². The van der Waals surface area contributed by atoms with Gasteiger partial charge in [-0.1, -0.05) is 18.5 Å². The lowest BCUT2D eigenvalue weighted by Crippen LogP contribution is -2.37. The van der Waals surface area contributed by atoms with Gasteiger partial charge in [-0.3, -0.25) is 4.79 Å². The van der Waals surface area contributed by atoms with Gasteiger partial charge in [0.25, 0.3) is 5.56 Å². The van der Waals surface area contributed by atoms with E-state index in [1.54, 1.807) is 12.3 Å². The average molecular weight is 335 g/mol. The fourth-order valence-electron chi connectivity index (χ4n) is 3.32. The number of halogens is 1. The van der Waals surface area contributed by atoms with Gasteiger partial charge in [-0.25, -0.2) is 0 Å². The van der Waals surface area contributed by atoms with E-state index in [-0.39, 0.29) is 11.7 Å². The van der Waals surface area contributed by atoms with E-state index in [0.29, 0.717) is 22.2 Å². The summed E-state index contributed by atoms with van der Waals surface area (Å²) in [6.45, 7) is 3.28. The summed E-state index contributed by atoms with van der Waals surface area (Å²) in [6, 6.07) is 6.09. The lowest BCUT2D eigenvalue weighted by atomic mass is 9.92. The topological polar surface area (TPSA) is 45.3 Å². The number of hydrogen-bond acceptors (Lipinski definition) is 3. The Labute approximate surface area is 141 Å². The average Bonchev–Trinajstić information content (AvgIpc) is 2.56. The minimum Gasteiger partial charge on any atom is -0.489 e. The molecule has 1 heterocycles. The smallest absolute Gasteiger partial charge is 0.255 e. The Bertz CT molecular complexity index is 735. The second-order valence-electron chi connectivity index (χ2n) is 6.30. The molecule has 0 unspecified atom stereocenters. The van der Waals surface area contributed by atoms with Crippen molar-refractivity contribution in [1.29, 1.82) is 0 Å². The molecule has 1 aromatic carbocycles. The van der Waals surface area contributed by atoms with E-state index in [1.807, 2.05) is 12.1 Å². The van der Waals surface area contributed by atoms with Crippen molar-refractivity contribution < 1.29 is 4.74 Å². The van der Waals surface area contributed by atoms with Gasteiger partial charge in [-0.15, -0.1) is 0 Å². The van der Waals surface area contributed by atoms with E-state index < -0.39 is 0 Å². The molecule has 124 valence electrons. The van der Waals surface area contributed by atoms with Crippen LogP contribution in [0.25, 0.3) is 10.8 Å². The van der Waals surface area contributed by atoms with Crippen molar-refractivity contribution in [2.24, 2.45) is 0 Å². The molecule has 1 saturated carbocycles. The maximum Gasteiger partial charge on any atom is 0.255 e. The zero-order valence-corrected chi connectivity index (χ0v) is 14.4. The minimum absolute atomic E-state index is 0.126. The predicted molar refractivity (Wildman–Crippen MR) is 94.6 cm³/mol. The van der Waals surface area contributed by atoms with Crippen LogP contribution in [0.15, 0.2) is 29.2 Å². The molecule has 5 heteroatoms. The molecule has 23 heavy (non-hydrogen) atoms. The number of rotatable bonds is 4. The van der Waals surface area contributed by atoms with Crippen LogP contribution in [0.1, 0.15) is 32.6 Å². The SMILES string of the molecule is CCN(C)[C@H]1CC[C@H](Oc2cc3cc[nH]c(=O)c3cc2Cl)CC1. The summed E-state index contributed by atoms with van der Waals surface area (Å²) < 4.78 is 6.13. The second-order valence-corrected chi connectivity index (χ2v) is 6.71. The van der Waals surface area contributed by atoms with E-state index >= 15 is 0 Å². The van der Waals surface area contributed by atoms with Gasteiger partial charge < -0.3 is 14.6 Å². The highest BCUT2D eigenvalue weighted by Crippen LogP contribution is 2.32. The number of pyridine rings is 1. The number of fused-ring (bicyclic) bond motifs is 1. The van der Waals surface area contributed by atoms with Crippen molar-refractivity contribution in [3.05, 3.63) is 39.8 Å². The van der Waals surface area contributed by atoms with Crippen LogP contribution in [0, 0.1) is 0 Å². The summed E-state index contributed by atoms with van der Waals surface area (Å²) in [5.74, 6) is 0.678. The van der Waals surface area contributed by atoms with E-state index in [2.05, 4.69) is 23.9 Å². The van der Waals surface area contributed by atoms with Crippen molar-refractivity contribution in [1.82, 2.24) is 9.88 Å². The fraction of sp³-hybridized carbons (Fsp3) is 0.500. The first kappa shape index (κ1) is 16.3. The number of nitrogens with zero attached hydrogens (tertiary/aromatic N) is 1. The lowest BCUT2D eigenvalue weighted by Gasteiger charge is -2.34. The van der Waals surface area contributed by atoms with Gasteiger partial charge in [0.05, 0.1) is 11.1 Å². The highest BCUT2D eigenvalue weighted by Gasteiger charge is 2.25. The van der Waals surface area contributed by atoms with E-state index in [9.17, 15) is 4.79 Å². The van der Waals surface area contributed by atoms with Crippen molar-refractivity contribution in [3.8, 4) is 5.75 Å². The zero-order chi connectivity index (χ0) is 16.4. The minimum atomic E-state index is -0.126. The Morgan fingerprint density at radius 2 is 2.04 bits per heavy atom. The molecule has 0 atom stereocenters. The molecule has 0 bridgehead atoms. The third-order valence-electron chi connectivity index (χ3n) is 4.89. The third kappa shape index (κ3) is 3.54. The largest absolute Gasteiger partial charge is 0.489 e. The number of ether oxygens (including phenoxy) is 1. The summed E-state index contributed by atoms with van der Waals surface area (Å²) in [6.07, 6.45) is 6.24. The van der Waals surface area contributed by atoms with E-state index in [1.165, 1.54) is 0 Å². The normalized spacial score (nSPS) is 21.7. The number of hydrogen-bond donors (Lipinski definition) is 1. The first-order valence-corrected chi connectivity index (χ1v) is 8.64. The number of aromatic amines is 1. The Morgan fingerprint density at radius 1 is 1.30 bits per heavy atom. The van der Waals surface area contributed by atoms with Crippen LogP contribution < -0.4 is 10.3 Å². The summed E-state index contributed by atoms with van der Waals surface area (Å²) in [7, 11) is 2.18. The van der Waals surface area contributed by atoms with Gasteiger partial charge in [-0.05, 0) is 62.9 Å². The third-order valence-corrected chi connectivity index (χ3v) is 5.18. The molecule has 0 aliphatic heterocycles. The van der Waals surface area contributed by atoms with Crippen LogP contribution in [0.2, 0.25) is 5.02 Å². The Kier molecular flexibility index (Phi) is 4.93. The number of aromatic nitrogens is 1. The zero-order valence-electron chi connectivity index (χ0n) is 13.6. The molecule has 4 nitrogen and oxygen atoms in total. The summed E-state index contributed by atoms with van der Waals surface area (Å²) in [5.41, 5.74) is -0.126. The highest BCUT2D eigenvalue weighted by atomic mass is 35.5. The van der Waals surface area contributed by atoms with Crippen LogP contribution in [0.3, 0.4) is 0 Å². The molecule has 1 aliphatic carbocycles. The second kappa shape index (κ2) is 6.93. The summed E-state index contributed by atoms with van der Waals surface area (Å²) >= 11 is 6.31. The summed E-state index contributed by atoms with van der Waals surface area (Å²) in [4.78, 5) is 16.9. The molecule has 1 aromatic heterocycles. The standard InChI is InChI=1S/C18H23ClN2O2/c1-3-21(2)13-4-6-14(7-5-13)23-17-10-12-8-9-20-18(22)15(12)11-16(17)19/h8-11,13-14H,3-7H2,1-2H3,(H,20,22)/t13-,14-.